The van der Waals surface area contributed by atoms with Crippen molar-refractivity contribution in [3.05, 3.63) is 12.1 Å². The smallest absolute Gasteiger partial charge is 0.228 e. The van der Waals surface area contributed by atoms with Crippen molar-refractivity contribution in [3.8, 4) is 17.2 Å². The van der Waals surface area contributed by atoms with Crippen LogP contribution >= 0.6 is 0 Å². The number of nitrogens with zero attached hydrogens (tertiary/aromatic N) is 3. The van der Waals surface area contributed by atoms with Crippen LogP contribution in [0.2, 0.25) is 0 Å². The van der Waals surface area contributed by atoms with E-state index in [4.69, 9.17) is 18.9 Å². The summed E-state index contributed by atoms with van der Waals surface area (Å²) in [5.74, 6) is 1.56. The second-order valence-electron chi connectivity index (χ2n) is 10.4. The Labute approximate surface area is 220 Å². The van der Waals surface area contributed by atoms with E-state index in [2.05, 4.69) is 4.90 Å². The summed E-state index contributed by atoms with van der Waals surface area (Å²) in [6, 6.07) is 4.10. The highest BCUT2D eigenvalue weighted by atomic mass is 16.5. The predicted octanol–water partition coefficient (Wildman–Crippen LogP) is 3.19. The van der Waals surface area contributed by atoms with Gasteiger partial charge in [-0.25, -0.2) is 0 Å². The van der Waals surface area contributed by atoms with Gasteiger partial charge in [-0.1, -0.05) is 6.42 Å². The summed E-state index contributed by atoms with van der Waals surface area (Å²) in [5.41, 5.74) is 0.644. The van der Waals surface area contributed by atoms with Crippen LogP contribution in [0.1, 0.15) is 44.9 Å². The standard InChI is InChI=1S/C28H43N3O6/c1-34-14-8-13-30(18-20-9-7-12-29-11-6-5-10-23(20)29)28(33)21-15-26(32)31(19-21)22-16-24(35-2)27(37-4)25(17-22)36-3/h16-17,20-21,23H,5-15,18-19H2,1-4H3/t20-,21+,23+/m0/s1. The summed E-state index contributed by atoms with van der Waals surface area (Å²) < 4.78 is 21.7. The first-order chi connectivity index (χ1) is 18.0. The number of rotatable bonds is 11. The van der Waals surface area contributed by atoms with Crippen molar-refractivity contribution in [2.45, 2.75) is 51.0 Å². The van der Waals surface area contributed by atoms with E-state index < -0.39 is 0 Å². The predicted molar refractivity (Wildman–Crippen MR) is 142 cm³/mol. The molecule has 3 aliphatic heterocycles. The van der Waals surface area contributed by atoms with E-state index in [0.717, 1.165) is 19.4 Å². The fourth-order valence-corrected chi connectivity index (χ4v) is 6.37. The van der Waals surface area contributed by atoms with Crippen LogP contribution in [0, 0.1) is 11.8 Å². The largest absolute Gasteiger partial charge is 0.493 e. The topological polar surface area (TPSA) is 80.8 Å². The Morgan fingerprint density at radius 3 is 2.41 bits per heavy atom. The number of ether oxygens (including phenoxy) is 4. The molecule has 0 aromatic heterocycles. The zero-order valence-electron chi connectivity index (χ0n) is 22.9. The van der Waals surface area contributed by atoms with Crippen molar-refractivity contribution in [2.24, 2.45) is 11.8 Å². The number of fused-ring (bicyclic) bond motifs is 1. The Morgan fingerprint density at radius 1 is 1.00 bits per heavy atom. The van der Waals surface area contributed by atoms with Gasteiger partial charge >= 0.3 is 0 Å². The van der Waals surface area contributed by atoms with Crippen LogP contribution in [-0.2, 0) is 14.3 Å². The minimum Gasteiger partial charge on any atom is -0.493 e. The number of benzene rings is 1. The molecule has 1 aromatic rings. The van der Waals surface area contributed by atoms with E-state index in [9.17, 15) is 9.59 Å². The van der Waals surface area contributed by atoms with Crippen molar-refractivity contribution >= 4 is 17.5 Å². The molecular formula is C28H43N3O6. The average molecular weight is 518 g/mol. The minimum atomic E-state index is -0.375. The molecule has 0 unspecified atom stereocenters. The van der Waals surface area contributed by atoms with Crippen LogP contribution in [0.4, 0.5) is 5.69 Å². The molecule has 4 rings (SSSR count). The quantitative estimate of drug-likeness (QED) is 0.417. The fraction of sp³-hybridized carbons (Fsp3) is 0.714. The fourth-order valence-electron chi connectivity index (χ4n) is 6.37. The maximum Gasteiger partial charge on any atom is 0.228 e. The summed E-state index contributed by atoms with van der Waals surface area (Å²) in [6.07, 6.45) is 7.13. The molecule has 3 saturated heterocycles. The summed E-state index contributed by atoms with van der Waals surface area (Å²) in [7, 11) is 6.34. The minimum absolute atomic E-state index is 0.0689. The zero-order chi connectivity index (χ0) is 26.4. The summed E-state index contributed by atoms with van der Waals surface area (Å²) in [4.78, 5) is 33.3. The van der Waals surface area contributed by atoms with E-state index in [1.807, 2.05) is 4.90 Å². The van der Waals surface area contributed by atoms with Crippen molar-refractivity contribution in [3.63, 3.8) is 0 Å². The number of carbonyl (C=O) groups is 2. The average Bonchev–Trinajstić information content (AvgIpc) is 3.32. The summed E-state index contributed by atoms with van der Waals surface area (Å²) in [6.45, 7) is 4.74. The van der Waals surface area contributed by atoms with Gasteiger partial charge in [0.15, 0.2) is 11.5 Å². The molecule has 0 spiro atoms. The van der Waals surface area contributed by atoms with E-state index in [0.29, 0.717) is 54.6 Å². The van der Waals surface area contributed by atoms with Crippen molar-refractivity contribution in [1.29, 1.82) is 0 Å². The van der Waals surface area contributed by atoms with Gasteiger partial charge in [0.1, 0.15) is 0 Å². The first-order valence-electron chi connectivity index (χ1n) is 13.6. The lowest BCUT2D eigenvalue weighted by Crippen LogP contribution is -2.52. The van der Waals surface area contributed by atoms with Crippen LogP contribution in [0.15, 0.2) is 12.1 Å². The molecule has 2 amide bonds. The molecule has 0 N–H and O–H groups in total. The van der Waals surface area contributed by atoms with Crippen LogP contribution in [0.25, 0.3) is 0 Å². The lowest BCUT2D eigenvalue weighted by molar-refractivity contribution is -0.137. The molecule has 0 saturated carbocycles. The maximum absolute atomic E-state index is 13.9. The molecule has 3 aliphatic rings. The molecule has 37 heavy (non-hydrogen) atoms. The maximum atomic E-state index is 13.9. The van der Waals surface area contributed by atoms with Gasteiger partial charge in [0.2, 0.25) is 17.6 Å². The molecule has 3 heterocycles. The Hall–Kier alpha value is -2.52. The monoisotopic (exact) mass is 517 g/mol. The summed E-state index contributed by atoms with van der Waals surface area (Å²) in [5, 5.41) is 0. The summed E-state index contributed by atoms with van der Waals surface area (Å²) >= 11 is 0. The third-order valence-corrected chi connectivity index (χ3v) is 8.21. The SMILES string of the molecule is COCCCN(C[C@@H]1CCCN2CCCC[C@H]12)C(=O)[C@@H]1CC(=O)N(c2cc(OC)c(OC)c(OC)c2)C1. The number of amides is 2. The van der Waals surface area contributed by atoms with Gasteiger partial charge in [-0.05, 0) is 51.1 Å². The van der Waals surface area contributed by atoms with Gasteiger partial charge in [0.25, 0.3) is 0 Å². The van der Waals surface area contributed by atoms with Gasteiger partial charge < -0.3 is 33.6 Å². The molecule has 206 valence electrons. The number of methoxy groups -OCH3 is 4. The number of hydrogen-bond acceptors (Lipinski definition) is 7. The highest BCUT2D eigenvalue weighted by molar-refractivity contribution is 6.00. The van der Waals surface area contributed by atoms with E-state index in [-0.39, 0.29) is 24.2 Å². The van der Waals surface area contributed by atoms with Crippen LogP contribution in [-0.4, -0.2) is 95.4 Å². The highest BCUT2D eigenvalue weighted by Gasteiger charge is 2.40. The zero-order valence-corrected chi connectivity index (χ0v) is 22.9. The Morgan fingerprint density at radius 2 is 1.73 bits per heavy atom. The molecule has 9 heteroatoms. The second-order valence-corrected chi connectivity index (χ2v) is 10.4. The van der Waals surface area contributed by atoms with E-state index >= 15 is 0 Å². The molecule has 3 atom stereocenters. The van der Waals surface area contributed by atoms with Crippen molar-refractivity contribution < 1.29 is 28.5 Å². The molecule has 0 aliphatic carbocycles. The Balaban J connectivity index is 1.50. The molecule has 0 radical (unpaired) electrons. The highest BCUT2D eigenvalue weighted by Crippen LogP contribution is 2.42. The van der Waals surface area contributed by atoms with Gasteiger partial charge in [-0.15, -0.1) is 0 Å². The third-order valence-electron chi connectivity index (χ3n) is 8.21. The molecule has 9 nitrogen and oxygen atoms in total. The van der Waals surface area contributed by atoms with Gasteiger partial charge in [0, 0.05) is 57.9 Å². The number of piperidine rings is 2. The first-order valence-corrected chi connectivity index (χ1v) is 13.6. The van der Waals surface area contributed by atoms with Gasteiger partial charge in [-0.3, -0.25) is 9.59 Å². The van der Waals surface area contributed by atoms with Crippen LogP contribution in [0.5, 0.6) is 17.2 Å². The normalized spacial score (nSPS) is 24.1. The second kappa shape index (κ2) is 12.8. The third kappa shape index (κ3) is 6.14. The lowest BCUT2D eigenvalue weighted by atomic mass is 9.83. The molecule has 3 fully saturated rings. The number of hydrogen-bond donors (Lipinski definition) is 0. The Bertz CT molecular complexity index is 913. The number of carbonyl (C=O) groups excluding carboxylic acids is 2. The van der Waals surface area contributed by atoms with E-state index in [1.165, 1.54) is 38.8 Å². The van der Waals surface area contributed by atoms with Crippen LogP contribution < -0.4 is 19.1 Å². The van der Waals surface area contributed by atoms with Crippen molar-refractivity contribution in [2.75, 3.05) is 72.7 Å². The van der Waals surface area contributed by atoms with Gasteiger partial charge in [0.05, 0.1) is 32.9 Å². The first kappa shape index (κ1) is 27.5. The van der Waals surface area contributed by atoms with E-state index in [1.54, 1.807) is 45.5 Å². The van der Waals surface area contributed by atoms with Crippen LogP contribution in [0.3, 0.4) is 0 Å². The molecule has 0 bridgehead atoms. The molecule has 1 aromatic carbocycles. The lowest BCUT2D eigenvalue weighted by Gasteiger charge is -2.46. The molecular weight excluding hydrogens is 474 g/mol. The van der Waals surface area contributed by atoms with Gasteiger partial charge in [-0.2, -0.15) is 0 Å². The van der Waals surface area contributed by atoms with Crippen molar-refractivity contribution in [1.82, 2.24) is 9.80 Å². The number of anilines is 1. The Kier molecular flexibility index (Phi) is 9.54.